The number of carbonyl (C=O) groups is 2. The fraction of sp³-hybridized carbons (Fsp3) is 0.130. The van der Waals surface area contributed by atoms with Crippen molar-refractivity contribution in [2.75, 3.05) is 11.6 Å². The second-order valence-electron chi connectivity index (χ2n) is 6.92. The Kier molecular flexibility index (Phi) is 7.21. The third-order valence-corrected chi connectivity index (χ3v) is 5.49. The van der Waals surface area contributed by atoms with E-state index in [1.165, 1.54) is 48.2 Å². The third-order valence-electron chi connectivity index (χ3n) is 4.77. The summed E-state index contributed by atoms with van der Waals surface area (Å²) in [5, 5.41) is 16.8. The molecule has 1 atom stereocenters. The van der Waals surface area contributed by atoms with Crippen molar-refractivity contribution in [3.05, 3.63) is 99.4 Å². The van der Waals surface area contributed by atoms with Gasteiger partial charge in [0.15, 0.2) is 0 Å². The van der Waals surface area contributed by atoms with E-state index in [4.69, 9.17) is 0 Å². The van der Waals surface area contributed by atoms with Crippen LogP contribution in [0.4, 0.5) is 15.8 Å². The second kappa shape index (κ2) is 10.1. The first-order chi connectivity index (χ1) is 15.3. The molecule has 0 aliphatic rings. The van der Waals surface area contributed by atoms with Gasteiger partial charge in [-0.2, -0.15) is 0 Å². The van der Waals surface area contributed by atoms with Crippen LogP contribution in [0.25, 0.3) is 0 Å². The lowest BCUT2D eigenvalue weighted by atomic mass is 10.1. The molecule has 0 saturated heterocycles. The lowest BCUT2D eigenvalue weighted by Gasteiger charge is -2.15. The van der Waals surface area contributed by atoms with Gasteiger partial charge in [-0.15, -0.1) is 11.8 Å². The average Bonchev–Trinajstić information content (AvgIpc) is 2.79. The molecule has 0 aromatic heterocycles. The van der Waals surface area contributed by atoms with Crippen LogP contribution in [-0.2, 0) is 0 Å². The monoisotopic (exact) mass is 453 g/mol. The van der Waals surface area contributed by atoms with E-state index in [0.717, 1.165) is 10.5 Å². The summed E-state index contributed by atoms with van der Waals surface area (Å²) in [5.74, 6) is -1.35. The van der Waals surface area contributed by atoms with Gasteiger partial charge in [0.2, 0.25) is 0 Å². The summed E-state index contributed by atoms with van der Waals surface area (Å²) < 4.78 is 13.0. The molecule has 3 rings (SSSR count). The summed E-state index contributed by atoms with van der Waals surface area (Å²) in [6, 6.07) is 16.0. The third kappa shape index (κ3) is 5.50. The number of benzene rings is 3. The molecule has 3 aromatic rings. The smallest absolute Gasteiger partial charge is 0.282 e. The van der Waals surface area contributed by atoms with Crippen LogP contribution in [0, 0.1) is 15.9 Å². The number of hydrogen-bond acceptors (Lipinski definition) is 5. The van der Waals surface area contributed by atoms with Crippen LogP contribution in [0.15, 0.2) is 71.6 Å². The maximum absolute atomic E-state index is 13.0. The van der Waals surface area contributed by atoms with Gasteiger partial charge in [0.1, 0.15) is 11.4 Å². The second-order valence-corrected chi connectivity index (χ2v) is 7.80. The number of anilines is 1. The van der Waals surface area contributed by atoms with Gasteiger partial charge in [-0.25, -0.2) is 4.39 Å². The highest BCUT2D eigenvalue weighted by atomic mass is 32.2. The number of nitro groups is 1. The predicted molar refractivity (Wildman–Crippen MR) is 122 cm³/mol. The molecule has 3 aromatic carbocycles. The highest BCUT2D eigenvalue weighted by Crippen LogP contribution is 2.26. The number of nitrogens with zero attached hydrogens (tertiary/aromatic N) is 1. The number of halogens is 1. The van der Waals surface area contributed by atoms with Crippen LogP contribution >= 0.6 is 11.8 Å². The molecular weight excluding hydrogens is 433 g/mol. The number of thioether (sulfide) groups is 1. The van der Waals surface area contributed by atoms with Crippen LogP contribution in [0.2, 0.25) is 0 Å². The number of nitro benzene ring substituents is 1. The maximum atomic E-state index is 13.0. The molecule has 0 heterocycles. The van der Waals surface area contributed by atoms with E-state index in [-0.39, 0.29) is 17.2 Å². The Bertz CT molecular complexity index is 1150. The minimum atomic E-state index is -0.581. The normalized spacial score (nSPS) is 11.5. The van der Waals surface area contributed by atoms with Crippen molar-refractivity contribution in [2.45, 2.75) is 17.9 Å². The summed E-state index contributed by atoms with van der Waals surface area (Å²) in [5.41, 5.74) is 1.35. The zero-order valence-corrected chi connectivity index (χ0v) is 18.1. The van der Waals surface area contributed by atoms with Crippen LogP contribution < -0.4 is 10.6 Å². The average molecular weight is 453 g/mol. The largest absolute Gasteiger partial charge is 0.345 e. The van der Waals surface area contributed by atoms with Crippen molar-refractivity contribution in [1.29, 1.82) is 0 Å². The summed E-state index contributed by atoms with van der Waals surface area (Å²) in [4.78, 5) is 36.4. The van der Waals surface area contributed by atoms with Gasteiger partial charge < -0.3 is 10.6 Å². The fourth-order valence-electron chi connectivity index (χ4n) is 3.00. The topological polar surface area (TPSA) is 101 Å². The number of amides is 2. The van der Waals surface area contributed by atoms with E-state index < -0.39 is 22.7 Å². The van der Waals surface area contributed by atoms with Crippen LogP contribution in [-0.4, -0.2) is 23.0 Å². The summed E-state index contributed by atoms with van der Waals surface area (Å²) in [6.07, 6.45) is 1.82. The first-order valence-corrected chi connectivity index (χ1v) is 10.8. The van der Waals surface area contributed by atoms with Crippen molar-refractivity contribution in [1.82, 2.24) is 5.32 Å². The van der Waals surface area contributed by atoms with Crippen molar-refractivity contribution < 1.29 is 18.9 Å². The zero-order chi connectivity index (χ0) is 23.3. The van der Waals surface area contributed by atoms with Crippen LogP contribution in [0.5, 0.6) is 0 Å². The summed E-state index contributed by atoms with van der Waals surface area (Å²) in [7, 11) is 0. The van der Waals surface area contributed by atoms with E-state index in [1.807, 2.05) is 6.26 Å². The van der Waals surface area contributed by atoms with Crippen molar-refractivity contribution >= 4 is 35.0 Å². The zero-order valence-electron chi connectivity index (χ0n) is 17.3. The number of hydrogen-bond donors (Lipinski definition) is 2. The molecule has 0 saturated carbocycles. The Morgan fingerprint density at radius 3 is 2.25 bits per heavy atom. The Morgan fingerprint density at radius 1 is 1.00 bits per heavy atom. The Labute approximate surface area is 188 Å². The van der Waals surface area contributed by atoms with Gasteiger partial charge in [-0.3, -0.25) is 19.7 Å². The van der Waals surface area contributed by atoms with Crippen LogP contribution in [0.3, 0.4) is 0 Å². The molecule has 2 N–H and O–H groups in total. The fourth-order valence-corrected chi connectivity index (χ4v) is 3.44. The molecular formula is C23H20FN3O4S. The molecule has 0 aliphatic carbocycles. The summed E-state index contributed by atoms with van der Waals surface area (Å²) >= 11 is 1.39. The lowest BCUT2D eigenvalue weighted by Crippen LogP contribution is -2.27. The number of carbonyl (C=O) groups excluding carboxylic acids is 2. The van der Waals surface area contributed by atoms with E-state index in [0.29, 0.717) is 11.3 Å². The van der Waals surface area contributed by atoms with E-state index in [2.05, 4.69) is 10.6 Å². The first-order valence-electron chi connectivity index (χ1n) is 9.58. The van der Waals surface area contributed by atoms with Gasteiger partial charge in [0, 0.05) is 22.2 Å². The predicted octanol–water partition coefficient (Wildman–Crippen LogP) is 5.20. The number of rotatable bonds is 7. The minimum absolute atomic E-state index is 0.00289. The van der Waals surface area contributed by atoms with Crippen molar-refractivity contribution in [3.8, 4) is 0 Å². The maximum Gasteiger partial charge on any atom is 0.282 e. The molecule has 0 bridgehead atoms. The van der Waals surface area contributed by atoms with Gasteiger partial charge >= 0.3 is 0 Å². The molecule has 0 aliphatic heterocycles. The molecule has 9 heteroatoms. The van der Waals surface area contributed by atoms with E-state index in [9.17, 15) is 24.1 Å². The van der Waals surface area contributed by atoms with E-state index >= 15 is 0 Å². The molecule has 0 spiro atoms. The molecule has 32 heavy (non-hydrogen) atoms. The highest BCUT2D eigenvalue weighted by Gasteiger charge is 2.22. The van der Waals surface area contributed by atoms with Crippen molar-refractivity contribution in [3.63, 3.8) is 0 Å². The van der Waals surface area contributed by atoms with Crippen molar-refractivity contribution in [2.24, 2.45) is 0 Å². The SMILES string of the molecule is CSc1ccc([N+](=O)[O-])c(C(=O)NC(C)c2ccc(NC(=O)c3ccc(F)cc3)cc2)c1. The van der Waals surface area contributed by atoms with Gasteiger partial charge in [0.25, 0.3) is 17.5 Å². The molecule has 1 unspecified atom stereocenters. The summed E-state index contributed by atoms with van der Waals surface area (Å²) in [6.45, 7) is 1.76. The Hall–Kier alpha value is -3.72. The quantitative estimate of drug-likeness (QED) is 0.291. The Morgan fingerprint density at radius 2 is 1.66 bits per heavy atom. The highest BCUT2D eigenvalue weighted by molar-refractivity contribution is 7.98. The molecule has 7 nitrogen and oxygen atoms in total. The molecule has 0 fully saturated rings. The van der Waals surface area contributed by atoms with E-state index in [1.54, 1.807) is 37.3 Å². The van der Waals surface area contributed by atoms with Gasteiger partial charge in [-0.05, 0) is 67.3 Å². The molecule has 164 valence electrons. The molecule has 0 radical (unpaired) electrons. The van der Waals surface area contributed by atoms with Gasteiger partial charge in [-0.1, -0.05) is 12.1 Å². The van der Waals surface area contributed by atoms with Gasteiger partial charge in [0.05, 0.1) is 11.0 Å². The molecule has 2 amide bonds. The first kappa shape index (κ1) is 23.0. The number of nitrogens with one attached hydrogen (secondary N) is 2. The lowest BCUT2D eigenvalue weighted by molar-refractivity contribution is -0.385. The Balaban J connectivity index is 1.69. The standard InChI is InChI=1S/C23H20FN3O4S/c1-14(25-23(29)20-13-19(32-2)11-12-21(20)27(30)31)15-5-9-18(10-6-15)26-22(28)16-3-7-17(24)8-4-16/h3-14H,1-2H3,(H,25,29)(H,26,28). The minimum Gasteiger partial charge on any atom is -0.345 e. The van der Waals surface area contributed by atoms with Crippen LogP contribution in [0.1, 0.15) is 39.2 Å².